The maximum Gasteiger partial charge on any atom is 0.410 e. The molecular formula is C16H29N3O3S. The Morgan fingerprint density at radius 3 is 2.48 bits per heavy atom. The normalized spacial score (nSPS) is 20.9. The second kappa shape index (κ2) is 7.75. The lowest BCUT2D eigenvalue weighted by atomic mass is 9.96. The topological polar surface area (TPSA) is 53.1 Å². The molecule has 0 radical (unpaired) electrons. The summed E-state index contributed by atoms with van der Waals surface area (Å²) in [5.74, 6) is 1.42. The van der Waals surface area contributed by atoms with Gasteiger partial charge in [0.1, 0.15) is 5.60 Å². The van der Waals surface area contributed by atoms with Crippen LogP contribution in [0.4, 0.5) is 9.59 Å². The highest BCUT2D eigenvalue weighted by molar-refractivity contribution is 8.13. The van der Waals surface area contributed by atoms with Gasteiger partial charge in [0, 0.05) is 39.0 Å². The van der Waals surface area contributed by atoms with Gasteiger partial charge in [-0.2, -0.15) is 0 Å². The van der Waals surface area contributed by atoms with Gasteiger partial charge in [0.25, 0.3) is 5.24 Å². The Bertz CT molecular complexity index is 431. The lowest BCUT2D eigenvalue weighted by Gasteiger charge is -2.35. The third-order valence-electron chi connectivity index (χ3n) is 4.16. The van der Waals surface area contributed by atoms with Crippen molar-refractivity contribution in [3.8, 4) is 0 Å². The molecule has 0 unspecified atom stereocenters. The number of piperidine rings is 1. The minimum absolute atomic E-state index is 0.205. The van der Waals surface area contributed by atoms with Gasteiger partial charge in [-0.05, 0) is 39.5 Å². The largest absolute Gasteiger partial charge is 0.444 e. The number of ether oxygens (including phenoxy) is 1. The van der Waals surface area contributed by atoms with Gasteiger partial charge >= 0.3 is 6.09 Å². The summed E-state index contributed by atoms with van der Waals surface area (Å²) in [5, 5.41) is 0.205. The molecule has 2 fully saturated rings. The minimum Gasteiger partial charge on any atom is -0.444 e. The van der Waals surface area contributed by atoms with E-state index in [1.165, 1.54) is 11.8 Å². The number of thioether (sulfide) groups is 1. The van der Waals surface area contributed by atoms with Crippen molar-refractivity contribution < 1.29 is 14.3 Å². The summed E-state index contributed by atoms with van der Waals surface area (Å²) < 4.78 is 5.39. The Labute approximate surface area is 143 Å². The first kappa shape index (κ1) is 18.4. The highest BCUT2D eigenvalue weighted by Gasteiger charge is 2.27. The zero-order valence-electron chi connectivity index (χ0n) is 14.7. The van der Waals surface area contributed by atoms with Crippen LogP contribution in [-0.2, 0) is 4.74 Å². The summed E-state index contributed by atoms with van der Waals surface area (Å²) in [7, 11) is 1.81. The number of carbonyl (C=O) groups is 2. The number of rotatable bonds is 4. The van der Waals surface area contributed by atoms with E-state index in [0.29, 0.717) is 5.92 Å². The standard InChI is InChI=1S/C16H29N3O3S/c1-16(2,3)22-14(20)17(4)11-13-5-7-18(8-6-13)12-19-9-10-23-15(19)21/h13H,5-12H2,1-4H3. The van der Waals surface area contributed by atoms with Crippen molar-refractivity contribution in [3.63, 3.8) is 0 Å². The van der Waals surface area contributed by atoms with E-state index >= 15 is 0 Å². The van der Waals surface area contributed by atoms with Crippen LogP contribution in [0.3, 0.4) is 0 Å². The van der Waals surface area contributed by atoms with Gasteiger partial charge in [0.2, 0.25) is 0 Å². The molecule has 2 aliphatic rings. The number of hydrogen-bond acceptors (Lipinski definition) is 5. The van der Waals surface area contributed by atoms with Crippen LogP contribution >= 0.6 is 11.8 Å². The van der Waals surface area contributed by atoms with E-state index in [-0.39, 0.29) is 11.3 Å². The predicted molar refractivity (Wildman–Crippen MR) is 92.6 cm³/mol. The summed E-state index contributed by atoms with van der Waals surface area (Å²) >= 11 is 1.41. The molecule has 7 heteroatoms. The van der Waals surface area contributed by atoms with E-state index < -0.39 is 5.60 Å². The third-order valence-corrected chi connectivity index (χ3v) is 5.05. The lowest BCUT2D eigenvalue weighted by molar-refractivity contribution is 0.0242. The van der Waals surface area contributed by atoms with Crippen molar-refractivity contribution in [2.75, 3.05) is 45.6 Å². The summed E-state index contributed by atoms with van der Waals surface area (Å²) in [4.78, 5) is 29.6. The molecule has 0 aliphatic carbocycles. The molecule has 6 nitrogen and oxygen atoms in total. The van der Waals surface area contributed by atoms with Crippen molar-refractivity contribution in [2.45, 2.75) is 39.2 Å². The molecule has 0 spiro atoms. The highest BCUT2D eigenvalue weighted by atomic mass is 32.2. The number of amides is 2. The monoisotopic (exact) mass is 343 g/mol. The Hall–Kier alpha value is -0.950. The fraction of sp³-hybridized carbons (Fsp3) is 0.875. The first-order valence-electron chi connectivity index (χ1n) is 8.33. The first-order valence-corrected chi connectivity index (χ1v) is 9.31. The van der Waals surface area contributed by atoms with Crippen LogP contribution in [0.25, 0.3) is 0 Å². The van der Waals surface area contributed by atoms with Gasteiger partial charge in [0.15, 0.2) is 0 Å². The fourth-order valence-electron chi connectivity index (χ4n) is 2.91. The molecule has 0 N–H and O–H groups in total. The lowest BCUT2D eigenvalue weighted by Crippen LogP contribution is -2.44. The number of hydrogen-bond donors (Lipinski definition) is 0. The molecule has 2 aliphatic heterocycles. The van der Waals surface area contributed by atoms with E-state index in [1.54, 1.807) is 11.9 Å². The van der Waals surface area contributed by atoms with Gasteiger partial charge in [-0.3, -0.25) is 9.69 Å². The molecule has 2 saturated heterocycles. The van der Waals surface area contributed by atoms with Gasteiger partial charge in [0.05, 0.1) is 6.67 Å². The summed E-state index contributed by atoms with van der Waals surface area (Å²) in [6, 6.07) is 0. The Balaban J connectivity index is 1.70. The average Bonchev–Trinajstić information content (AvgIpc) is 2.84. The highest BCUT2D eigenvalue weighted by Crippen LogP contribution is 2.22. The van der Waals surface area contributed by atoms with Crippen molar-refractivity contribution >= 4 is 23.1 Å². The quantitative estimate of drug-likeness (QED) is 0.785. The molecule has 0 saturated carbocycles. The molecule has 132 valence electrons. The number of nitrogens with zero attached hydrogens (tertiary/aromatic N) is 3. The van der Waals surface area contributed by atoms with Crippen molar-refractivity contribution in [1.82, 2.24) is 14.7 Å². The molecule has 0 aromatic rings. The summed E-state index contributed by atoms with van der Waals surface area (Å²) in [5.41, 5.74) is -0.449. The minimum atomic E-state index is -0.449. The summed E-state index contributed by atoms with van der Waals surface area (Å²) in [6.07, 6.45) is 1.87. The third kappa shape index (κ3) is 5.88. The van der Waals surface area contributed by atoms with E-state index in [1.807, 2.05) is 25.7 Å². The maximum absolute atomic E-state index is 12.0. The van der Waals surface area contributed by atoms with Crippen LogP contribution in [0.15, 0.2) is 0 Å². The van der Waals surface area contributed by atoms with E-state index in [0.717, 1.165) is 51.4 Å². The Kier molecular flexibility index (Phi) is 6.19. The molecule has 0 bridgehead atoms. The predicted octanol–water partition coefficient (Wildman–Crippen LogP) is 2.69. The van der Waals surface area contributed by atoms with E-state index in [4.69, 9.17) is 4.74 Å². The molecular weight excluding hydrogens is 314 g/mol. The van der Waals surface area contributed by atoms with Crippen LogP contribution in [-0.4, -0.2) is 77.3 Å². The van der Waals surface area contributed by atoms with Crippen LogP contribution < -0.4 is 0 Å². The molecule has 2 amide bonds. The molecule has 0 aromatic heterocycles. The second-order valence-electron chi connectivity index (χ2n) is 7.44. The van der Waals surface area contributed by atoms with Gasteiger partial charge in [-0.25, -0.2) is 4.79 Å². The molecule has 2 heterocycles. The molecule has 0 aromatic carbocycles. The van der Waals surface area contributed by atoms with E-state index in [2.05, 4.69) is 4.90 Å². The van der Waals surface area contributed by atoms with E-state index in [9.17, 15) is 9.59 Å². The summed E-state index contributed by atoms with van der Waals surface area (Å²) in [6.45, 7) is 9.98. The maximum atomic E-state index is 12.0. The fourth-order valence-corrected chi connectivity index (χ4v) is 3.73. The smallest absolute Gasteiger partial charge is 0.410 e. The Morgan fingerprint density at radius 2 is 1.96 bits per heavy atom. The SMILES string of the molecule is CN(CC1CCN(CN2CCSC2=O)CC1)C(=O)OC(C)(C)C. The van der Waals surface area contributed by atoms with Gasteiger partial charge in [-0.1, -0.05) is 11.8 Å². The van der Waals surface area contributed by atoms with Crippen molar-refractivity contribution in [1.29, 1.82) is 0 Å². The first-order chi connectivity index (χ1) is 10.7. The van der Waals surface area contributed by atoms with Gasteiger partial charge in [-0.15, -0.1) is 0 Å². The Morgan fingerprint density at radius 1 is 1.30 bits per heavy atom. The zero-order valence-corrected chi connectivity index (χ0v) is 15.5. The second-order valence-corrected chi connectivity index (χ2v) is 8.49. The van der Waals surface area contributed by atoms with Gasteiger partial charge < -0.3 is 14.5 Å². The molecule has 0 atom stereocenters. The van der Waals surface area contributed by atoms with Crippen molar-refractivity contribution in [3.05, 3.63) is 0 Å². The van der Waals surface area contributed by atoms with Crippen LogP contribution in [0.5, 0.6) is 0 Å². The van der Waals surface area contributed by atoms with Crippen LogP contribution in [0.2, 0.25) is 0 Å². The number of carbonyl (C=O) groups excluding carboxylic acids is 2. The zero-order chi connectivity index (χ0) is 17.0. The number of likely N-dealkylation sites (tertiary alicyclic amines) is 1. The van der Waals surface area contributed by atoms with Crippen LogP contribution in [0.1, 0.15) is 33.6 Å². The van der Waals surface area contributed by atoms with Crippen molar-refractivity contribution in [2.24, 2.45) is 5.92 Å². The average molecular weight is 343 g/mol. The molecule has 2 rings (SSSR count). The van der Waals surface area contributed by atoms with Crippen LogP contribution in [0, 0.1) is 5.92 Å². The molecule has 23 heavy (non-hydrogen) atoms.